The van der Waals surface area contributed by atoms with Crippen LogP contribution in [0.15, 0.2) is 54.6 Å². The summed E-state index contributed by atoms with van der Waals surface area (Å²) in [6.07, 6.45) is -34.7. The number of benzene rings is 3. The Morgan fingerprint density at radius 2 is 0.474 bits per heavy atom. The standard InChI is InChI=1S/C71H116N14O31/c86-36-45(90)55(100)59(104)63(108)68(113)78-17-13-72-49(94)7-24-83(25-8-50(95)73-14-18-79-69(114)64(109)60(105)56(101)46(91)37-87)30-21-76-53(98)11-28-85(32-23-82-67(112)43-6-5-42-33-40-3-1-2-4-41(40)34-44(42)35-43)29-12-54(99)77-22-31-84(26-9-51(96)74-15-19-80-70(115)65(110)61(106)57(102)47(92)38-88)27-10-52(97)75-16-20-81-71(116)66(111)62(107)58(103)48(93)39-89/h1-6,33-35,45-48,55-66,86-93,100-111H,7-32,36-39H2,(H,72,94)(H,73,95)(H,74,96)(H,75,97)(H,76,98)(H,77,99)(H,78,113)(H,79,114)(H,80,115)(H,81,116)(H,82,112). The number of aliphatic hydroxyl groups excluding tert-OH is 20. The van der Waals surface area contributed by atoms with Gasteiger partial charge in [0.05, 0.1) is 26.4 Å². The molecular formula is C71H116N14O31. The molecule has 0 heterocycles. The van der Waals surface area contributed by atoms with Crippen molar-refractivity contribution in [3.63, 3.8) is 0 Å². The molecule has 31 N–H and O–H groups in total. The molecule has 45 heteroatoms. The second kappa shape index (κ2) is 55.2. The van der Waals surface area contributed by atoms with Crippen LogP contribution in [0.2, 0.25) is 0 Å². The molecule has 0 bridgehead atoms. The van der Waals surface area contributed by atoms with E-state index in [2.05, 4.69) is 58.5 Å². The zero-order chi connectivity index (χ0) is 86.6. The van der Waals surface area contributed by atoms with Gasteiger partial charge >= 0.3 is 0 Å². The average Bonchev–Trinajstić information content (AvgIpc) is 0.794. The Hall–Kier alpha value is -8.57. The average molecular weight is 1660 g/mol. The van der Waals surface area contributed by atoms with Gasteiger partial charge in [-0.25, -0.2) is 0 Å². The number of nitrogens with zero attached hydrogens (tertiary/aromatic N) is 3. The van der Waals surface area contributed by atoms with E-state index in [1.807, 2.05) is 42.5 Å². The molecule has 0 aliphatic rings. The molecule has 3 rings (SSSR count). The molecule has 0 aliphatic carbocycles. The van der Waals surface area contributed by atoms with Crippen molar-refractivity contribution in [3.05, 3.63) is 60.2 Å². The summed E-state index contributed by atoms with van der Waals surface area (Å²) in [6, 6.07) is 16.9. The quantitative estimate of drug-likeness (QED) is 0.0184. The van der Waals surface area contributed by atoms with E-state index in [0.29, 0.717) is 5.56 Å². The zero-order valence-electron chi connectivity index (χ0n) is 63.9. The van der Waals surface area contributed by atoms with Crippen LogP contribution in [-0.2, 0) is 47.9 Å². The molecule has 16 unspecified atom stereocenters. The lowest BCUT2D eigenvalue weighted by molar-refractivity contribution is -0.149. The van der Waals surface area contributed by atoms with Gasteiger partial charge in [0.25, 0.3) is 29.5 Å². The minimum Gasteiger partial charge on any atom is -0.394 e. The first-order chi connectivity index (χ1) is 55.1. The zero-order valence-corrected chi connectivity index (χ0v) is 63.9. The first-order valence-electron chi connectivity index (χ1n) is 37.5. The van der Waals surface area contributed by atoms with Crippen LogP contribution in [0.25, 0.3) is 21.5 Å². The fourth-order valence-electron chi connectivity index (χ4n) is 11.0. The normalized spacial score (nSPS) is 15.8. The summed E-state index contributed by atoms with van der Waals surface area (Å²) < 4.78 is 0. The molecule has 16 atom stereocenters. The number of hydrogen-bond acceptors (Lipinski definition) is 34. The molecule has 0 aliphatic heterocycles. The third-order valence-electron chi connectivity index (χ3n) is 18.2. The van der Waals surface area contributed by atoms with Crippen molar-refractivity contribution >= 4 is 86.5 Å². The molecule has 116 heavy (non-hydrogen) atoms. The van der Waals surface area contributed by atoms with Gasteiger partial charge in [-0.15, -0.1) is 0 Å². The highest BCUT2D eigenvalue weighted by Crippen LogP contribution is 2.24. The molecular weight excluding hydrogens is 1540 g/mol. The highest BCUT2D eigenvalue weighted by atomic mass is 16.4. The molecule has 0 saturated carbocycles. The van der Waals surface area contributed by atoms with Gasteiger partial charge in [-0.3, -0.25) is 52.7 Å². The Balaban J connectivity index is 1.74. The Morgan fingerprint density at radius 3 is 0.733 bits per heavy atom. The van der Waals surface area contributed by atoms with E-state index in [9.17, 15) is 134 Å². The maximum atomic E-state index is 13.7. The number of aliphatic hydroxyl groups is 20. The number of amides is 11. The van der Waals surface area contributed by atoms with Crippen molar-refractivity contribution in [3.8, 4) is 0 Å². The van der Waals surface area contributed by atoms with E-state index >= 15 is 0 Å². The summed E-state index contributed by atoms with van der Waals surface area (Å²) in [5, 5.41) is 226. The number of carbonyl (C=O) groups excluding carboxylic acids is 11. The molecule has 0 spiro atoms. The van der Waals surface area contributed by atoms with Gasteiger partial charge in [0.2, 0.25) is 35.4 Å². The number of fused-ring (bicyclic) bond motifs is 2. The second-order valence-electron chi connectivity index (χ2n) is 27.0. The fourth-order valence-corrected chi connectivity index (χ4v) is 11.0. The molecule has 0 fully saturated rings. The molecule has 0 radical (unpaired) electrons. The third kappa shape index (κ3) is 37.4. The fraction of sp³-hybridized carbons (Fsp3) is 0.648. The van der Waals surface area contributed by atoms with Gasteiger partial charge in [-0.05, 0) is 45.8 Å². The molecule has 0 aromatic heterocycles. The van der Waals surface area contributed by atoms with Crippen molar-refractivity contribution in [2.24, 2.45) is 0 Å². The molecule has 11 amide bonds. The van der Waals surface area contributed by atoms with Gasteiger partial charge in [-0.1, -0.05) is 30.3 Å². The SMILES string of the molecule is O=C(CCN(CCNC(=O)CCN(CCNC(=O)c1ccc2cc3ccccc3cc2c1)CCC(=O)NCCN(CCC(=O)NCCNC(=O)C(O)C(O)C(O)C(O)CO)CCC(=O)NCCNC(=O)C(O)C(O)C(O)C(O)CO)CCC(=O)NCCNC(=O)C(O)C(O)C(O)C(O)CO)NCCNC(=O)C(O)C(O)C(O)C(O)CO. The van der Waals surface area contributed by atoms with Crippen molar-refractivity contribution < 1.29 is 155 Å². The van der Waals surface area contributed by atoms with Crippen LogP contribution >= 0.6 is 0 Å². The minimum atomic E-state index is -2.23. The molecule has 0 saturated heterocycles. The van der Waals surface area contributed by atoms with Crippen LogP contribution in [0, 0.1) is 0 Å². The maximum Gasteiger partial charge on any atom is 0.251 e. The number of hydrogen-bond donors (Lipinski definition) is 31. The first kappa shape index (κ1) is 102. The van der Waals surface area contributed by atoms with E-state index in [1.165, 1.54) is 0 Å². The Morgan fingerprint density at radius 1 is 0.250 bits per heavy atom. The number of nitrogens with one attached hydrogen (secondary N) is 11. The predicted octanol–water partition coefficient (Wildman–Crippen LogP) is -16.1. The monoisotopic (exact) mass is 1660 g/mol. The third-order valence-corrected chi connectivity index (χ3v) is 18.2. The number of carbonyl (C=O) groups is 11. The maximum absolute atomic E-state index is 13.7. The van der Waals surface area contributed by atoms with Crippen molar-refractivity contribution in [2.75, 3.05) is 157 Å². The van der Waals surface area contributed by atoms with Gasteiger partial charge in [-0.2, -0.15) is 0 Å². The Kier molecular flexibility index (Phi) is 48.3. The van der Waals surface area contributed by atoms with Crippen molar-refractivity contribution in [1.29, 1.82) is 0 Å². The van der Waals surface area contributed by atoms with Gasteiger partial charge in [0, 0.05) is 175 Å². The summed E-state index contributed by atoms with van der Waals surface area (Å²) in [5.41, 5.74) is 0.356. The van der Waals surface area contributed by atoms with Gasteiger partial charge < -0.3 is 175 Å². The summed E-state index contributed by atoms with van der Waals surface area (Å²) in [4.78, 5) is 148. The first-order valence-corrected chi connectivity index (χ1v) is 37.5. The van der Waals surface area contributed by atoms with E-state index in [-0.39, 0.29) is 169 Å². The summed E-state index contributed by atoms with van der Waals surface area (Å²) in [6.45, 7) is -5.85. The molecule has 3 aromatic carbocycles. The lowest BCUT2D eigenvalue weighted by atomic mass is 10.0. The van der Waals surface area contributed by atoms with Crippen LogP contribution < -0.4 is 58.5 Å². The molecule has 3 aromatic rings. The highest BCUT2D eigenvalue weighted by molar-refractivity contribution is 6.03. The van der Waals surface area contributed by atoms with E-state index in [1.54, 1.807) is 26.8 Å². The Labute approximate surface area is 666 Å². The number of rotatable bonds is 60. The smallest absolute Gasteiger partial charge is 0.251 e. The van der Waals surface area contributed by atoms with Crippen LogP contribution in [0.3, 0.4) is 0 Å². The van der Waals surface area contributed by atoms with Gasteiger partial charge in [0.1, 0.15) is 73.2 Å². The van der Waals surface area contributed by atoms with Crippen molar-refractivity contribution in [2.45, 2.75) is 136 Å². The second-order valence-corrected chi connectivity index (χ2v) is 27.0. The highest BCUT2D eigenvalue weighted by Gasteiger charge is 2.38. The topological polar surface area (TPSA) is 734 Å². The van der Waals surface area contributed by atoms with E-state index < -0.39 is 189 Å². The lowest BCUT2D eigenvalue weighted by Gasteiger charge is -2.25. The van der Waals surface area contributed by atoms with Crippen molar-refractivity contribution in [1.82, 2.24) is 73.2 Å². The molecule has 45 nitrogen and oxygen atoms in total. The van der Waals surface area contributed by atoms with E-state index in [0.717, 1.165) is 21.5 Å². The lowest BCUT2D eigenvalue weighted by Crippen LogP contribution is -2.52. The van der Waals surface area contributed by atoms with Crippen LogP contribution in [0.4, 0.5) is 0 Å². The van der Waals surface area contributed by atoms with E-state index in [4.69, 9.17) is 20.4 Å². The molecule has 656 valence electrons. The predicted molar refractivity (Wildman–Crippen MR) is 405 cm³/mol. The largest absolute Gasteiger partial charge is 0.394 e. The van der Waals surface area contributed by atoms with Crippen LogP contribution in [0.1, 0.15) is 48.9 Å². The Bertz CT molecular complexity index is 3240. The van der Waals surface area contributed by atoms with Gasteiger partial charge in [0.15, 0.2) is 24.4 Å². The summed E-state index contributed by atoms with van der Waals surface area (Å²) in [7, 11) is 0. The van der Waals surface area contributed by atoms with Crippen LogP contribution in [-0.4, -0.2) is 437 Å². The minimum absolute atomic E-state index is 0.0274. The van der Waals surface area contributed by atoms with Crippen LogP contribution in [0.5, 0.6) is 0 Å². The summed E-state index contributed by atoms with van der Waals surface area (Å²) in [5.74, 6) is -8.39. The summed E-state index contributed by atoms with van der Waals surface area (Å²) >= 11 is 0.